The predicted octanol–water partition coefficient (Wildman–Crippen LogP) is 2.84. The highest BCUT2D eigenvalue weighted by Gasteiger charge is 2.27. The molecule has 0 amide bonds. The molecule has 0 atom stereocenters. The fourth-order valence-corrected chi connectivity index (χ4v) is 2.98. The summed E-state index contributed by atoms with van der Waals surface area (Å²) in [7, 11) is 0. The van der Waals surface area contributed by atoms with Crippen LogP contribution in [-0.2, 0) is 0 Å². The Morgan fingerprint density at radius 1 is 1.00 bits per heavy atom. The van der Waals surface area contributed by atoms with Gasteiger partial charge >= 0.3 is 11.4 Å². The van der Waals surface area contributed by atoms with E-state index in [1.807, 2.05) is 6.07 Å². The Labute approximate surface area is 155 Å². The summed E-state index contributed by atoms with van der Waals surface area (Å²) in [4.78, 5) is 29.3. The highest BCUT2D eigenvalue weighted by Crippen LogP contribution is 2.34. The Morgan fingerprint density at radius 2 is 1.57 bits per heavy atom. The van der Waals surface area contributed by atoms with Crippen molar-refractivity contribution in [2.75, 3.05) is 5.73 Å². The molecule has 2 aromatic heterocycles. The normalized spacial score (nSPS) is 10.8. The first-order chi connectivity index (χ1) is 13.4. The maximum atomic E-state index is 11.2. The standard InChI is InChI=1S/C17H9N7O4/c18-8-10-15-17(22(16(10)19)9-4-2-1-3-5-9)21-12-7-14(24(27)28)13(23(25)26)6-11(12)20-15/h1-7H,19H2. The van der Waals surface area contributed by atoms with Crippen LogP contribution < -0.4 is 5.73 Å². The first kappa shape index (κ1) is 16.9. The van der Waals surface area contributed by atoms with Crippen LogP contribution in [0.4, 0.5) is 17.2 Å². The van der Waals surface area contributed by atoms with Crippen molar-refractivity contribution < 1.29 is 9.85 Å². The number of nitrogens with zero attached hydrogens (tertiary/aromatic N) is 6. The van der Waals surface area contributed by atoms with Gasteiger partial charge in [-0.3, -0.25) is 24.8 Å². The van der Waals surface area contributed by atoms with Crippen molar-refractivity contribution in [3.8, 4) is 11.8 Å². The summed E-state index contributed by atoms with van der Waals surface area (Å²) in [5.41, 5.74) is 5.89. The number of nitro groups is 2. The maximum absolute atomic E-state index is 11.2. The number of rotatable bonds is 3. The van der Waals surface area contributed by atoms with Gasteiger partial charge in [-0.2, -0.15) is 5.26 Å². The van der Waals surface area contributed by atoms with Crippen molar-refractivity contribution in [3.05, 3.63) is 68.3 Å². The van der Waals surface area contributed by atoms with Gasteiger partial charge in [-0.15, -0.1) is 0 Å². The van der Waals surface area contributed by atoms with E-state index in [1.165, 1.54) is 4.57 Å². The van der Waals surface area contributed by atoms with Gasteiger partial charge in [0.15, 0.2) is 5.65 Å². The van der Waals surface area contributed by atoms with E-state index in [9.17, 15) is 25.5 Å². The quantitative estimate of drug-likeness (QED) is 0.421. The first-order valence-corrected chi connectivity index (χ1v) is 7.82. The summed E-state index contributed by atoms with van der Waals surface area (Å²) in [6.45, 7) is 0. The summed E-state index contributed by atoms with van der Waals surface area (Å²) in [6, 6.07) is 12.8. The molecular weight excluding hydrogens is 366 g/mol. The average molecular weight is 375 g/mol. The third kappa shape index (κ3) is 2.36. The lowest BCUT2D eigenvalue weighted by molar-refractivity contribution is -0.422. The van der Waals surface area contributed by atoms with Gasteiger partial charge in [-0.1, -0.05) is 18.2 Å². The molecule has 0 bridgehead atoms. The SMILES string of the molecule is N#Cc1c(N)n(-c2ccccc2)c2nc3cc([N+](=O)[O-])c([N+](=O)[O-])cc3nc12. The molecule has 11 nitrogen and oxygen atoms in total. The Hall–Kier alpha value is -4.59. The minimum Gasteiger partial charge on any atom is -0.384 e. The highest BCUT2D eigenvalue weighted by molar-refractivity contribution is 5.95. The minimum atomic E-state index is -0.863. The van der Waals surface area contributed by atoms with Crippen molar-refractivity contribution in [2.24, 2.45) is 0 Å². The number of hydrogen-bond donors (Lipinski definition) is 1. The zero-order valence-electron chi connectivity index (χ0n) is 13.9. The van der Waals surface area contributed by atoms with Gasteiger partial charge in [-0.05, 0) is 12.1 Å². The molecule has 0 fully saturated rings. The van der Waals surface area contributed by atoms with Crippen molar-refractivity contribution in [1.29, 1.82) is 5.26 Å². The van der Waals surface area contributed by atoms with Crippen LogP contribution in [0.2, 0.25) is 0 Å². The van der Waals surface area contributed by atoms with Gasteiger partial charge in [0.1, 0.15) is 23.0 Å². The number of fused-ring (bicyclic) bond motifs is 2. The molecule has 0 unspecified atom stereocenters. The van der Waals surface area contributed by atoms with Gasteiger partial charge < -0.3 is 5.73 Å². The number of nitriles is 1. The Bertz CT molecular complexity index is 1340. The summed E-state index contributed by atoms with van der Waals surface area (Å²) in [5, 5.41) is 31.9. The summed E-state index contributed by atoms with van der Waals surface area (Å²) in [6.07, 6.45) is 0. The molecule has 4 rings (SSSR count). The number of nitro benzene ring substituents is 2. The number of aromatic nitrogens is 3. The third-order valence-corrected chi connectivity index (χ3v) is 4.21. The van der Waals surface area contributed by atoms with E-state index in [0.29, 0.717) is 5.69 Å². The number of nitrogen functional groups attached to an aromatic ring is 1. The lowest BCUT2D eigenvalue weighted by atomic mass is 10.2. The molecular formula is C17H9N7O4. The molecule has 0 spiro atoms. The summed E-state index contributed by atoms with van der Waals surface area (Å²) < 4.78 is 1.51. The second kappa shape index (κ2) is 5.99. The number of anilines is 1. The van der Waals surface area contributed by atoms with Crippen LogP contribution in [0.25, 0.3) is 27.9 Å². The molecule has 0 saturated carbocycles. The second-order valence-corrected chi connectivity index (χ2v) is 5.78. The maximum Gasteiger partial charge on any atom is 0.348 e. The van der Waals surface area contributed by atoms with Crippen molar-refractivity contribution >= 4 is 39.4 Å². The predicted molar refractivity (Wildman–Crippen MR) is 98.8 cm³/mol. The smallest absolute Gasteiger partial charge is 0.348 e. The monoisotopic (exact) mass is 375 g/mol. The van der Waals surface area contributed by atoms with E-state index < -0.39 is 21.2 Å². The van der Waals surface area contributed by atoms with Crippen molar-refractivity contribution in [1.82, 2.24) is 14.5 Å². The highest BCUT2D eigenvalue weighted by atomic mass is 16.6. The molecule has 136 valence electrons. The van der Waals surface area contributed by atoms with Crippen molar-refractivity contribution in [3.63, 3.8) is 0 Å². The number of nitrogens with two attached hydrogens (primary N) is 1. The summed E-state index contributed by atoms with van der Waals surface area (Å²) >= 11 is 0. The van der Waals surface area contributed by atoms with E-state index in [4.69, 9.17) is 5.73 Å². The Morgan fingerprint density at radius 3 is 2.11 bits per heavy atom. The average Bonchev–Trinajstić information content (AvgIpc) is 2.95. The van der Waals surface area contributed by atoms with E-state index in [1.54, 1.807) is 30.3 Å². The lowest BCUT2D eigenvalue weighted by Gasteiger charge is -2.07. The molecule has 0 radical (unpaired) electrons. The van der Waals surface area contributed by atoms with Gasteiger partial charge in [0.05, 0.1) is 33.0 Å². The van der Waals surface area contributed by atoms with Crippen molar-refractivity contribution in [2.45, 2.75) is 0 Å². The summed E-state index contributed by atoms with van der Waals surface area (Å²) in [5.74, 6) is 0.100. The van der Waals surface area contributed by atoms with Gasteiger partial charge in [0.25, 0.3) is 0 Å². The molecule has 28 heavy (non-hydrogen) atoms. The van der Waals surface area contributed by atoms with Crippen LogP contribution in [0.1, 0.15) is 5.56 Å². The van der Waals surface area contributed by atoms with Crippen LogP contribution in [0.5, 0.6) is 0 Å². The largest absolute Gasteiger partial charge is 0.384 e. The lowest BCUT2D eigenvalue weighted by Crippen LogP contribution is -2.02. The van der Waals surface area contributed by atoms with Gasteiger partial charge in [0.2, 0.25) is 0 Å². The Balaban J connectivity index is 2.14. The third-order valence-electron chi connectivity index (χ3n) is 4.21. The fraction of sp³-hybridized carbons (Fsp3) is 0. The van der Waals surface area contributed by atoms with E-state index >= 15 is 0 Å². The fourth-order valence-electron chi connectivity index (χ4n) is 2.98. The minimum absolute atomic E-state index is 0.0477. The second-order valence-electron chi connectivity index (χ2n) is 5.78. The first-order valence-electron chi connectivity index (χ1n) is 7.82. The molecule has 2 N–H and O–H groups in total. The molecule has 0 aliphatic carbocycles. The van der Waals surface area contributed by atoms with Crippen LogP contribution >= 0.6 is 0 Å². The number of para-hydroxylation sites is 1. The van der Waals surface area contributed by atoms with Gasteiger partial charge in [0, 0.05) is 5.69 Å². The van der Waals surface area contributed by atoms with E-state index in [-0.39, 0.29) is 33.6 Å². The molecule has 0 saturated heterocycles. The number of benzene rings is 2. The van der Waals surface area contributed by atoms with Crippen LogP contribution in [-0.4, -0.2) is 24.4 Å². The number of hydrogen-bond acceptors (Lipinski definition) is 8. The van der Waals surface area contributed by atoms with E-state index in [0.717, 1.165) is 12.1 Å². The molecule has 2 heterocycles. The zero-order chi connectivity index (χ0) is 20.0. The zero-order valence-corrected chi connectivity index (χ0v) is 13.9. The van der Waals surface area contributed by atoms with Crippen LogP contribution in [0.3, 0.4) is 0 Å². The molecule has 0 aliphatic rings. The molecule has 11 heteroatoms. The van der Waals surface area contributed by atoms with E-state index in [2.05, 4.69) is 9.97 Å². The molecule has 2 aromatic carbocycles. The Kier molecular flexibility index (Phi) is 3.61. The van der Waals surface area contributed by atoms with Gasteiger partial charge in [-0.25, -0.2) is 9.97 Å². The molecule has 4 aromatic rings. The molecule has 0 aliphatic heterocycles. The van der Waals surface area contributed by atoms with Crippen LogP contribution in [0, 0.1) is 31.6 Å². The van der Waals surface area contributed by atoms with Crippen LogP contribution in [0.15, 0.2) is 42.5 Å². The topological polar surface area (TPSA) is 167 Å².